The maximum absolute atomic E-state index is 5.89. The minimum absolute atomic E-state index is 0.875. The van der Waals surface area contributed by atoms with Crippen LogP contribution in [0.1, 0.15) is 32.6 Å². The number of anilines is 1. The van der Waals surface area contributed by atoms with E-state index in [9.17, 15) is 0 Å². The van der Waals surface area contributed by atoms with Crippen LogP contribution in [0.3, 0.4) is 0 Å². The number of unbranched alkanes of at least 4 members (excludes halogenated alkanes) is 3. The minimum atomic E-state index is 0.875. The third-order valence-electron chi connectivity index (χ3n) is 3.58. The number of para-hydroxylation sites is 1. The highest BCUT2D eigenvalue weighted by Gasteiger charge is 2.03. The number of hydrogen-bond acceptors (Lipinski definition) is 2. The predicted octanol–water partition coefficient (Wildman–Crippen LogP) is 5.50. The summed E-state index contributed by atoms with van der Waals surface area (Å²) in [6.45, 7) is 3.34. The van der Waals surface area contributed by atoms with Crippen molar-refractivity contribution in [3.8, 4) is 11.5 Å². The van der Waals surface area contributed by atoms with E-state index in [1.54, 1.807) is 0 Å². The van der Waals surface area contributed by atoms with Crippen molar-refractivity contribution < 1.29 is 4.74 Å². The van der Waals surface area contributed by atoms with Gasteiger partial charge in [0, 0.05) is 25.3 Å². The van der Waals surface area contributed by atoms with Crippen molar-refractivity contribution in [1.82, 2.24) is 0 Å². The first kappa shape index (κ1) is 15.4. The Morgan fingerprint density at radius 3 is 2.38 bits per heavy atom. The largest absolute Gasteiger partial charge is 0.457 e. The van der Waals surface area contributed by atoms with Gasteiger partial charge in [0.1, 0.15) is 11.5 Å². The Labute approximate surface area is 128 Å². The van der Waals surface area contributed by atoms with Gasteiger partial charge < -0.3 is 9.64 Å². The van der Waals surface area contributed by atoms with E-state index in [2.05, 4.69) is 37.1 Å². The smallest absolute Gasteiger partial charge is 0.129 e. The van der Waals surface area contributed by atoms with Crippen molar-refractivity contribution in [2.45, 2.75) is 32.6 Å². The summed E-state index contributed by atoms with van der Waals surface area (Å²) in [5, 5.41) is 0. The van der Waals surface area contributed by atoms with Gasteiger partial charge in [-0.1, -0.05) is 50.5 Å². The summed E-state index contributed by atoms with van der Waals surface area (Å²) in [5.41, 5.74) is 1.21. The molecular weight excluding hydrogens is 258 g/mol. The van der Waals surface area contributed by atoms with Crippen LogP contribution in [0.2, 0.25) is 0 Å². The Balaban J connectivity index is 1.94. The topological polar surface area (TPSA) is 12.5 Å². The SMILES string of the molecule is CCCCCCN(C)c1cccc(Oc2ccccc2)c1. The maximum Gasteiger partial charge on any atom is 0.129 e. The van der Waals surface area contributed by atoms with Gasteiger partial charge in [-0.2, -0.15) is 0 Å². The van der Waals surface area contributed by atoms with Crippen LogP contribution in [-0.2, 0) is 0 Å². The molecule has 0 amide bonds. The van der Waals surface area contributed by atoms with Gasteiger partial charge in [-0.15, -0.1) is 0 Å². The molecule has 0 atom stereocenters. The Hall–Kier alpha value is -1.96. The van der Waals surface area contributed by atoms with E-state index in [1.807, 2.05) is 36.4 Å². The molecule has 0 aliphatic carbocycles. The summed E-state index contributed by atoms with van der Waals surface area (Å²) in [6, 6.07) is 18.2. The molecule has 0 aromatic heterocycles. The second kappa shape index (κ2) is 8.35. The highest BCUT2D eigenvalue weighted by Crippen LogP contribution is 2.25. The average molecular weight is 283 g/mol. The highest BCUT2D eigenvalue weighted by atomic mass is 16.5. The van der Waals surface area contributed by atoms with Gasteiger partial charge in [0.25, 0.3) is 0 Å². The third-order valence-corrected chi connectivity index (χ3v) is 3.58. The van der Waals surface area contributed by atoms with Crippen LogP contribution >= 0.6 is 0 Å². The van der Waals surface area contributed by atoms with Gasteiger partial charge >= 0.3 is 0 Å². The van der Waals surface area contributed by atoms with Gasteiger partial charge in [0.05, 0.1) is 0 Å². The quantitative estimate of drug-likeness (QED) is 0.593. The van der Waals surface area contributed by atoms with E-state index in [0.29, 0.717) is 0 Å². The zero-order valence-corrected chi connectivity index (χ0v) is 13.1. The average Bonchev–Trinajstić information content (AvgIpc) is 2.53. The lowest BCUT2D eigenvalue weighted by molar-refractivity contribution is 0.482. The molecule has 0 bridgehead atoms. The Kier molecular flexibility index (Phi) is 6.14. The number of hydrogen-bond donors (Lipinski definition) is 0. The van der Waals surface area contributed by atoms with Crippen LogP contribution in [0.4, 0.5) is 5.69 Å². The van der Waals surface area contributed by atoms with Crippen molar-refractivity contribution in [2.24, 2.45) is 0 Å². The highest BCUT2D eigenvalue weighted by molar-refractivity contribution is 5.50. The molecule has 2 nitrogen and oxygen atoms in total. The molecule has 21 heavy (non-hydrogen) atoms. The second-order valence-electron chi connectivity index (χ2n) is 5.39. The molecule has 0 radical (unpaired) electrons. The molecule has 0 spiro atoms. The minimum Gasteiger partial charge on any atom is -0.457 e. The molecule has 2 aromatic rings. The Morgan fingerprint density at radius 1 is 0.857 bits per heavy atom. The Morgan fingerprint density at radius 2 is 1.62 bits per heavy atom. The molecule has 2 aromatic carbocycles. The molecule has 112 valence electrons. The van der Waals surface area contributed by atoms with E-state index in [0.717, 1.165) is 18.0 Å². The van der Waals surface area contributed by atoms with Crippen molar-refractivity contribution in [1.29, 1.82) is 0 Å². The van der Waals surface area contributed by atoms with E-state index >= 15 is 0 Å². The zero-order valence-electron chi connectivity index (χ0n) is 13.1. The van der Waals surface area contributed by atoms with Crippen LogP contribution in [-0.4, -0.2) is 13.6 Å². The first-order valence-corrected chi connectivity index (χ1v) is 7.83. The first-order chi connectivity index (χ1) is 10.3. The zero-order chi connectivity index (χ0) is 14.9. The summed E-state index contributed by atoms with van der Waals surface area (Å²) in [4.78, 5) is 2.30. The van der Waals surface area contributed by atoms with E-state index in [1.165, 1.54) is 31.4 Å². The molecule has 0 saturated heterocycles. The van der Waals surface area contributed by atoms with Crippen molar-refractivity contribution >= 4 is 5.69 Å². The van der Waals surface area contributed by atoms with Crippen LogP contribution < -0.4 is 9.64 Å². The lowest BCUT2D eigenvalue weighted by Gasteiger charge is -2.20. The standard InChI is InChI=1S/C19H25NO/c1-3-4-5-9-15-20(2)17-11-10-14-19(16-17)21-18-12-7-6-8-13-18/h6-8,10-14,16H,3-5,9,15H2,1-2H3. The first-order valence-electron chi connectivity index (χ1n) is 7.83. The van der Waals surface area contributed by atoms with Crippen LogP contribution in [0.15, 0.2) is 54.6 Å². The molecule has 2 heteroatoms. The van der Waals surface area contributed by atoms with Gasteiger partial charge in [-0.25, -0.2) is 0 Å². The normalized spacial score (nSPS) is 10.4. The third kappa shape index (κ3) is 5.14. The number of ether oxygens (including phenoxy) is 1. The van der Waals surface area contributed by atoms with Gasteiger partial charge in [0.15, 0.2) is 0 Å². The molecule has 0 unspecified atom stereocenters. The molecule has 0 aliphatic rings. The van der Waals surface area contributed by atoms with Gasteiger partial charge in [-0.3, -0.25) is 0 Å². The van der Waals surface area contributed by atoms with E-state index in [4.69, 9.17) is 4.74 Å². The summed E-state index contributed by atoms with van der Waals surface area (Å²) < 4.78 is 5.89. The van der Waals surface area contributed by atoms with Crippen LogP contribution in [0, 0.1) is 0 Å². The summed E-state index contributed by atoms with van der Waals surface area (Å²) in [6.07, 6.45) is 5.16. The van der Waals surface area contributed by atoms with Crippen LogP contribution in [0.25, 0.3) is 0 Å². The summed E-state index contributed by atoms with van der Waals surface area (Å²) in [7, 11) is 2.15. The van der Waals surface area contributed by atoms with Crippen molar-refractivity contribution in [3.63, 3.8) is 0 Å². The predicted molar refractivity (Wildman–Crippen MR) is 90.4 cm³/mol. The molecule has 0 heterocycles. The van der Waals surface area contributed by atoms with E-state index < -0.39 is 0 Å². The maximum atomic E-state index is 5.89. The summed E-state index contributed by atoms with van der Waals surface area (Å²) >= 11 is 0. The van der Waals surface area contributed by atoms with E-state index in [-0.39, 0.29) is 0 Å². The number of benzene rings is 2. The molecule has 2 rings (SSSR count). The fourth-order valence-electron chi connectivity index (χ4n) is 2.31. The molecule has 0 N–H and O–H groups in total. The summed E-state index contributed by atoms with van der Waals surface area (Å²) in [5.74, 6) is 1.76. The number of nitrogens with zero attached hydrogens (tertiary/aromatic N) is 1. The molecule has 0 aliphatic heterocycles. The molecular formula is C19H25NO. The monoisotopic (exact) mass is 283 g/mol. The van der Waals surface area contributed by atoms with Crippen molar-refractivity contribution in [3.05, 3.63) is 54.6 Å². The Bertz CT molecular complexity index is 524. The lowest BCUT2D eigenvalue weighted by Crippen LogP contribution is -2.18. The fraction of sp³-hybridized carbons (Fsp3) is 0.368. The van der Waals surface area contributed by atoms with Crippen molar-refractivity contribution in [2.75, 3.05) is 18.5 Å². The lowest BCUT2D eigenvalue weighted by atomic mass is 10.2. The molecule has 0 fully saturated rings. The van der Waals surface area contributed by atoms with Gasteiger partial charge in [0.2, 0.25) is 0 Å². The number of rotatable bonds is 8. The fourth-order valence-corrected chi connectivity index (χ4v) is 2.31. The second-order valence-corrected chi connectivity index (χ2v) is 5.39. The molecule has 0 saturated carbocycles. The van der Waals surface area contributed by atoms with Crippen LogP contribution in [0.5, 0.6) is 11.5 Å². The van der Waals surface area contributed by atoms with Gasteiger partial charge in [-0.05, 0) is 30.7 Å².